The summed E-state index contributed by atoms with van der Waals surface area (Å²) in [6.07, 6.45) is 22.2. The number of esters is 1. The van der Waals surface area contributed by atoms with E-state index in [4.69, 9.17) is 15.6 Å². The van der Waals surface area contributed by atoms with Gasteiger partial charge in [-0.05, 0) is 276 Å². The summed E-state index contributed by atoms with van der Waals surface area (Å²) < 4.78 is 5.08. The second kappa shape index (κ2) is 26.1. The van der Waals surface area contributed by atoms with Crippen LogP contribution in [-0.2, 0) is 71.3 Å². The first-order valence-electron chi connectivity index (χ1n) is 39.8. The van der Waals surface area contributed by atoms with Gasteiger partial charge in [0.25, 0.3) is 0 Å². The topological polar surface area (TPSA) is 258 Å². The maximum atomic E-state index is 12.4. The lowest BCUT2D eigenvalue weighted by atomic mass is 9.56. The lowest BCUT2D eigenvalue weighted by Gasteiger charge is -2.59. The standard InChI is InChI=1S/C22H29NO3.C21H28N2O2.2C21H27NO3.CH4O/c1-14-3-6-16-10-19-22(25)12-17(20(24)26-2)11-21(22,18(16)9-14)7-8-23(19)13-15-4-5-15;1-13-2-5-15-9-18-21(25)11-16(19(22)24)10-20(21,17(15)8-13)6-7-23(18)12-14-3-4-14;2*1-13-2-5-15-9-18-21(25)11-16(19(23)24)10-20(21,17(15)8-13)6-7-22(18)12-14-3-4-14;1-2/h3,6,9,15,17,19,25H,4-5,7-8,10-13H2,1-2H3;2,5,8,14,16,18,25H,3-4,6-7,9-12H2,1H3,(H2,22,24);2*2,5,8,14,16,18,25H,3-4,6-7,9-12H2,1H3,(H,23,24);2H,1H3/t17?,19-,21-,22-;16?,18-,20-,21-;16-,18+,20+,21+;16-,18-,20-,21-;/m1101./s1. The van der Waals surface area contributed by atoms with E-state index in [2.05, 4.69) is 120 Å². The van der Waals surface area contributed by atoms with Gasteiger partial charge in [-0.3, -0.25) is 38.8 Å². The number of nitrogens with two attached hydrogens (primary N) is 1. The van der Waals surface area contributed by atoms with E-state index >= 15 is 0 Å². The number of rotatable bonds is 12. The van der Waals surface area contributed by atoms with E-state index in [0.29, 0.717) is 44.9 Å². The van der Waals surface area contributed by atoms with Crippen LogP contribution in [0.4, 0.5) is 0 Å². The third kappa shape index (κ3) is 11.6. The van der Waals surface area contributed by atoms with Crippen molar-refractivity contribution < 1.29 is 59.7 Å². The number of carboxylic acid groups (broad SMARTS) is 2. The van der Waals surface area contributed by atoms with Gasteiger partial charge >= 0.3 is 17.9 Å². The summed E-state index contributed by atoms with van der Waals surface area (Å²) in [5, 5.41) is 74.3. The Hall–Kier alpha value is -5.60. The SMILES string of the molecule is CO.COC(=O)C1C[C@]23CCN(CC4CC4)[C@H](Cc4ccc(C)cc42)[C@]3(O)C1.Cc1ccc2c(c1)[C@]13CCN(CC4CC4)[C@H](C2)[C@]1(O)CC(C(N)=O)C3.Cc1ccc2c(c1)[C@]13CCN(CC4CC4)[C@H](C2)[C@]1(O)C[C@@H](C(=O)O)C3.Cc1ccc2c(c1)[C@]13CCN(CC4CC4)[C@H](C2)[C@]1(O)C[C@H](C(=O)O)C3. The number of nitrogens with zero attached hydrogens (tertiary/aromatic N) is 4. The molecule has 2 unspecified atom stereocenters. The van der Waals surface area contributed by atoms with Crippen molar-refractivity contribution in [3.63, 3.8) is 0 Å². The van der Waals surface area contributed by atoms with Crippen molar-refractivity contribution >= 4 is 23.8 Å². The molecule has 17 nitrogen and oxygen atoms in total. The van der Waals surface area contributed by atoms with Crippen LogP contribution in [0.15, 0.2) is 72.8 Å². The molecule has 103 heavy (non-hydrogen) atoms. The zero-order valence-electron chi connectivity index (χ0n) is 62.0. The van der Waals surface area contributed by atoms with Crippen molar-refractivity contribution in [3.8, 4) is 0 Å². The summed E-state index contributed by atoms with van der Waals surface area (Å²) >= 11 is 0. The molecule has 17 heteroatoms. The van der Waals surface area contributed by atoms with Crippen molar-refractivity contribution in [1.29, 1.82) is 0 Å². The third-order valence-corrected chi connectivity index (χ3v) is 30.4. The monoisotopic (exact) mass is 1410 g/mol. The molecule has 16 atom stereocenters. The average Bonchev–Trinajstić information content (AvgIpc) is 1.65. The van der Waals surface area contributed by atoms with Gasteiger partial charge in [-0.1, -0.05) is 95.1 Å². The fraction of sp³-hybridized carbons (Fsp3) is 0.674. The number of aliphatic carboxylic acids is 2. The van der Waals surface area contributed by atoms with Gasteiger partial charge in [0, 0.05) is 85.0 Å². The highest BCUT2D eigenvalue weighted by molar-refractivity contribution is 5.78. The average molecular weight is 1410 g/mol. The van der Waals surface area contributed by atoms with E-state index in [1.54, 1.807) is 0 Å². The zero-order chi connectivity index (χ0) is 72.3. The molecule has 4 aromatic rings. The lowest BCUT2D eigenvalue weighted by molar-refractivity contribution is -0.147. The van der Waals surface area contributed by atoms with Crippen LogP contribution in [0, 0.1) is 75.0 Å². The number of aryl methyl sites for hydroxylation is 4. The molecule has 0 radical (unpaired) electrons. The van der Waals surface area contributed by atoms with E-state index < -0.39 is 46.2 Å². The second-order valence-corrected chi connectivity index (χ2v) is 36.3. The Morgan fingerprint density at radius 2 is 0.641 bits per heavy atom. The number of amides is 1. The molecule has 8 bridgehead atoms. The number of carbonyl (C=O) groups is 4. The number of ether oxygens (including phenoxy) is 1. The number of carbonyl (C=O) groups excluding carboxylic acids is 2. The molecule has 20 rings (SSSR count). The van der Waals surface area contributed by atoms with Gasteiger partial charge in [0.05, 0.1) is 47.3 Å². The van der Waals surface area contributed by atoms with E-state index in [9.17, 15) is 49.8 Å². The quantitative estimate of drug-likeness (QED) is 0.0615. The van der Waals surface area contributed by atoms with Crippen LogP contribution in [0.5, 0.6) is 0 Å². The molecule has 16 aliphatic rings. The van der Waals surface area contributed by atoms with Crippen LogP contribution in [-0.4, -0.2) is 192 Å². The third-order valence-electron chi connectivity index (χ3n) is 30.4. The minimum atomic E-state index is -0.899. The molecular formula is C86H115N5O12. The van der Waals surface area contributed by atoms with Crippen LogP contribution in [0.1, 0.15) is 195 Å². The molecular weight excluding hydrogens is 1290 g/mol. The summed E-state index contributed by atoms with van der Waals surface area (Å²) in [4.78, 5) is 58.0. The highest BCUT2D eigenvalue weighted by Gasteiger charge is 2.73. The molecule has 556 valence electrons. The van der Waals surface area contributed by atoms with Gasteiger partial charge in [-0.2, -0.15) is 0 Å². The van der Waals surface area contributed by atoms with Crippen LogP contribution in [0.25, 0.3) is 0 Å². The Morgan fingerprint density at radius 1 is 0.398 bits per heavy atom. The summed E-state index contributed by atoms with van der Waals surface area (Å²) in [5.41, 5.74) is 16.3. The fourth-order valence-corrected chi connectivity index (χ4v) is 24.7. The molecule has 4 aliphatic heterocycles. The molecule has 1 amide bonds. The second-order valence-electron chi connectivity index (χ2n) is 36.3. The molecule has 4 aromatic carbocycles. The molecule has 0 aromatic heterocycles. The highest BCUT2D eigenvalue weighted by Crippen LogP contribution is 2.67. The minimum Gasteiger partial charge on any atom is -0.481 e. The first-order chi connectivity index (χ1) is 49.2. The summed E-state index contributed by atoms with van der Waals surface area (Å²) in [6.45, 7) is 16.8. The molecule has 4 heterocycles. The van der Waals surface area contributed by atoms with Crippen LogP contribution in [0.3, 0.4) is 0 Å². The van der Waals surface area contributed by atoms with Crippen LogP contribution in [0.2, 0.25) is 0 Å². The highest BCUT2D eigenvalue weighted by atomic mass is 16.5. The number of aliphatic hydroxyl groups is 5. The Kier molecular flexibility index (Phi) is 18.1. The summed E-state index contributed by atoms with van der Waals surface area (Å²) in [7, 11) is 2.47. The van der Waals surface area contributed by atoms with Gasteiger partial charge in [0.1, 0.15) is 0 Å². The molecule has 12 aliphatic carbocycles. The van der Waals surface area contributed by atoms with Crippen molar-refractivity contribution in [2.75, 3.05) is 66.6 Å². The van der Waals surface area contributed by atoms with E-state index in [1.807, 2.05) is 0 Å². The number of benzene rings is 4. The van der Waals surface area contributed by atoms with Gasteiger partial charge < -0.3 is 46.2 Å². The zero-order valence-corrected chi connectivity index (χ0v) is 62.0. The Balaban J connectivity index is 0.000000105. The van der Waals surface area contributed by atoms with E-state index in [0.717, 1.165) is 141 Å². The number of hydrogen-bond acceptors (Lipinski definition) is 14. The molecule has 4 saturated heterocycles. The van der Waals surface area contributed by atoms with E-state index in [-0.39, 0.29) is 69.5 Å². The number of methoxy groups -OCH3 is 1. The van der Waals surface area contributed by atoms with Crippen molar-refractivity contribution in [2.45, 2.75) is 250 Å². The first kappa shape index (κ1) is 71.6. The van der Waals surface area contributed by atoms with Crippen molar-refractivity contribution in [1.82, 2.24) is 19.6 Å². The largest absolute Gasteiger partial charge is 0.481 e. The Labute approximate surface area is 609 Å². The molecule has 8 saturated carbocycles. The number of primary amides is 1. The maximum absolute atomic E-state index is 12.4. The predicted octanol–water partition coefficient (Wildman–Crippen LogP) is 9.09. The first-order valence-corrected chi connectivity index (χ1v) is 39.8. The van der Waals surface area contributed by atoms with Crippen LogP contribution >= 0.6 is 0 Å². The number of hydrogen-bond donors (Lipinski definition) is 8. The summed E-state index contributed by atoms with van der Waals surface area (Å²) in [5.74, 6) is 0.0316. The van der Waals surface area contributed by atoms with E-state index in [1.165, 1.54) is 125 Å². The van der Waals surface area contributed by atoms with Gasteiger partial charge in [-0.15, -0.1) is 0 Å². The number of likely N-dealkylation sites (tertiary alicyclic amines) is 4. The lowest BCUT2D eigenvalue weighted by Crippen LogP contribution is -2.69. The van der Waals surface area contributed by atoms with Crippen molar-refractivity contribution in [3.05, 3.63) is 140 Å². The van der Waals surface area contributed by atoms with Gasteiger partial charge in [0.15, 0.2) is 0 Å². The Morgan fingerprint density at radius 3 is 0.883 bits per heavy atom. The minimum absolute atomic E-state index is 0.0707. The number of piperidine rings is 4. The Bertz CT molecular complexity index is 3700. The number of fused-ring (bicyclic) bond motifs is 4. The predicted molar refractivity (Wildman–Crippen MR) is 392 cm³/mol. The number of aliphatic hydroxyl groups excluding tert-OH is 1. The molecule has 12 fully saturated rings. The maximum Gasteiger partial charge on any atom is 0.308 e. The molecule has 9 N–H and O–H groups in total. The normalized spacial score (nSPS) is 38.7. The summed E-state index contributed by atoms with van der Waals surface area (Å²) in [6, 6.07) is 27.0. The van der Waals surface area contributed by atoms with Gasteiger partial charge in [0.2, 0.25) is 5.91 Å². The smallest absolute Gasteiger partial charge is 0.308 e. The van der Waals surface area contributed by atoms with Crippen LogP contribution < -0.4 is 5.73 Å². The van der Waals surface area contributed by atoms with Crippen molar-refractivity contribution in [2.24, 2.45) is 53.1 Å². The number of carboxylic acids is 2. The molecule has 0 spiro atoms. The fourth-order valence-electron chi connectivity index (χ4n) is 24.7. The van der Waals surface area contributed by atoms with Gasteiger partial charge in [-0.25, -0.2) is 0 Å².